The number of guanidine groups is 1. The molecule has 2 N–H and O–H groups in total. The molecule has 1 heterocycles. The number of benzene rings is 1. The van der Waals surface area contributed by atoms with Gasteiger partial charge < -0.3 is 10.6 Å². The van der Waals surface area contributed by atoms with Gasteiger partial charge in [0.15, 0.2) is 5.96 Å². The van der Waals surface area contributed by atoms with Gasteiger partial charge in [-0.1, -0.05) is 29.3 Å². The molecule has 0 aliphatic carbocycles. The van der Waals surface area contributed by atoms with Crippen molar-refractivity contribution in [3.8, 4) is 0 Å². The van der Waals surface area contributed by atoms with Gasteiger partial charge >= 0.3 is 0 Å². The minimum atomic E-state index is 0. The van der Waals surface area contributed by atoms with Crippen LogP contribution in [-0.2, 0) is 13.1 Å². The number of nitrogens with zero attached hydrogens (tertiary/aromatic N) is 2. The third-order valence-corrected chi connectivity index (χ3v) is 4.26. The number of thiazole rings is 1. The van der Waals surface area contributed by atoms with E-state index in [9.17, 15) is 0 Å². The second-order valence-corrected chi connectivity index (χ2v) is 6.54. The largest absolute Gasteiger partial charge is 0.352 e. The van der Waals surface area contributed by atoms with E-state index in [2.05, 4.69) is 20.6 Å². The molecule has 4 nitrogen and oxygen atoms in total. The number of halogens is 3. The van der Waals surface area contributed by atoms with E-state index >= 15 is 0 Å². The molecule has 0 fully saturated rings. The first-order valence-corrected chi connectivity index (χ1v) is 7.95. The van der Waals surface area contributed by atoms with Gasteiger partial charge in [-0.15, -0.1) is 35.3 Å². The Morgan fingerprint density at radius 1 is 1.27 bits per heavy atom. The van der Waals surface area contributed by atoms with Gasteiger partial charge in [-0.2, -0.15) is 0 Å². The lowest BCUT2D eigenvalue weighted by Crippen LogP contribution is -2.36. The van der Waals surface area contributed by atoms with Crippen LogP contribution in [0.25, 0.3) is 0 Å². The van der Waals surface area contributed by atoms with Gasteiger partial charge in [0, 0.05) is 34.7 Å². The van der Waals surface area contributed by atoms with Gasteiger partial charge in [0.2, 0.25) is 0 Å². The van der Waals surface area contributed by atoms with Crippen molar-refractivity contribution in [3.05, 3.63) is 49.9 Å². The summed E-state index contributed by atoms with van der Waals surface area (Å²) in [5.41, 5.74) is 0.967. The highest BCUT2D eigenvalue weighted by molar-refractivity contribution is 14.0. The number of aromatic nitrogens is 1. The summed E-state index contributed by atoms with van der Waals surface area (Å²) in [5, 5.41) is 8.73. The average molecular weight is 471 g/mol. The van der Waals surface area contributed by atoms with Crippen LogP contribution in [0.5, 0.6) is 0 Å². The Labute approximate surface area is 161 Å². The van der Waals surface area contributed by atoms with Gasteiger partial charge in [-0.05, 0) is 24.6 Å². The molecule has 0 spiro atoms. The Bertz CT molecular complexity index is 646. The molecule has 0 saturated heterocycles. The topological polar surface area (TPSA) is 49.3 Å². The number of nitrogens with one attached hydrogen (secondary N) is 2. The number of hydrogen-bond acceptors (Lipinski definition) is 3. The first-order valence-electron chi connectivity index (χ1n) is 6.38. The van der Waals surface area contributed by atoms with E-state index in [1.807, 2.05) is 25.3 Å². The average Bonchev–Trinajstić information content (AvgIpc) is 2.86. The molecule has 0 unspecified atom stereocenters. The van der Waals surface area contributed by atoms with E-state index in [0.717, 1.165) is 10.6 Å². The maximum atomic E-state index is 6.14. The first-order chi connectivity index (χ1) is 10.1. The molecule has 0 saturated carbocycles. The molecular formula is C14H17Cl2IN4S. The van der Waals surface area contributed by atoms with Crippen LogP contribution < -0.4 is 10.6 Å². The predicted molar refractivity (Wildman–Crippen MR) is 106 cm³/mol. The van der Waals surface area contributed by atoms with Gasteiger partial charge in [0.05, 0.1) is 6.54 Å². The van der Waals surface area contributed by atoms with Crippen molar-refractivity contribution in [1.82, 2.24) is 15.6 Å². The molecule has 0 bridgehead atoms. The lowest BCUT2D eigenvalue weighted by Gasteiger charge is -2.12. The molecule has 8 heteroatoms. The molecule has 1 aromatic heterocycles. The molecule has 22 heavy (non-hydrogen) atoms. The molecule has 1 aromatic carbocycles. The fourth-order valence-electron chi connectivity index (χ4n) is 1.71. The van der Waals surface area contributed by atoms with Crippen LogP contribution in [0, 0.1) is 6.92 Å². The van der Waals surface area contributed by atoms with Crippen molar-refractivity contribution in [1.29, 1.82) is 0 Å². The summed E-state index contributed by atoms with van der Waals surface area (Å²) in [5.74, 6) is 0.703. The smallest absolute Gasteiger partial charge is 0.191 e. The minimum absolute atomic E-state index is 0. The highest BCUT2D eigenvalue weighted by Gasteiger charge is 2.04. The van der Waals surface area contributed by atoms with Gasteiger partial charge in [0.1, 0.15) is 5.01 Å². The van der Waals surface area contributed by atoms with Gasteiger partial charge in [-0.25, -0.2) is 4.98 Å². The quantitative estimate of drug-likeness (QED) is 0.399. The molecular weight excluding hydrogens is 454 g/mol. The number of aryl methyl sites for hydroxylation is 1. The minimum Gasteiger partial charge on any atom is -0.352 e. The van der Waals surface area contributed by atoms with E-state index in [1.165, 1.54) is 4.88 Å². The van der Waals surface area contributed by atoms with Crippen molar-refractivity contribution in [2.24, 2.45) is 4.99 Å². The number of aliphatic imine (C=N–C) groups is 1. The van der Waals surface area contributed by atoms with Crippen LogP contribution in [0.4, 0.5) is 0 Å². The van der Waals surface area contributed by atoms with Crippen LogP contribution in [0.2, 0.25) is 10.0 Å². The summed E-state index contributed by atoms with van der Waals surface area (Å²) in [6.07, 6.45) is 1.87. The maximum Gasteiger partial charge on any atom is 0.191 e. The van der Waals surface area contributed by atoms with Gasteiger partial charge in [-0.3, -0.25) is 4.99 Å². The zero-order chi connectivity index (χ0) is 15.2. The number of rotatable bonds is 4. The van der Waals surface area contributed by atoms with Crippen molar-refractivity contribution in [2.75, 3.05) is 7.05 Å². The molecule has 120 valence electrons. The maximum absolute atomic E-state index is 6.14. The molecule has 0 radical (unpaired) electrons. The zero-order valence-corrected chi connectivity index (χ0v) is 16.8. The van der Waals surface area contributed by atoms with E-state index < -0.39 is 0 Å². The van der Waals surface area contributed by atoms with Crippen molar-refractivity contribution in [3.63, 3.8) is 0 Å². The second kappa shape index (κ2) is 9.54. The summed E-state index contributed by atoms with van der Waals surface area (Å²) in [4.78, 5) is 9.67. The summed E-state index contributed by atoms with van der Waals surface area (Å²) in [7, 11) is 1.73. The number of hydrogen-bond donors (Lipinski definition) is 2. The summed E-state index contributed by atoms with van der Waals surface area (Å²) < 4.78 is 0. The van der Waals surface area contributed by atoms with Crippen LogP contribution in [0.15, 0.2) is 29.4 Å². The van der Waals surface area contributed by atoms with Crippen LogP contribution >= 0.6 is 58.5 Å². The van der Waals surface area contributed by atoms with Crippen LogP contribution in [-0.4, -0.2) is 18.0 Å². The van der Waals surface area contributed by atoms with Crippen LogP contribution in [0.1, 0.15) is 15.4 Å². The van der Waals surface area contributed by atoms with Gasteiger partial charge in [0.25, 0.3) is 0 Å². The molecule has 0 aliphatic rings. The Kier molecular flexibility index (Phi) is 8.45. The SMILES string of the molecule is CN=C(NCc1ncc(C)s1)NCc1ccc(Cl)cc1Cl.I. The highest BCUT2D eigenvalue weighted by Crippen LogP contribution is 2.20. The Morgan fingerprint density at radius 3 is 2.59 bits per heavy atom. The van der Waals surface area contributed by atoms with E-state index in [0.29, 0.717) is 29.1 Å². The lowest BCUT2D eigenvalue weighted by atomic mass is 10.2. The zero-order valence-electron chi connectivity index (χ0n) is 12.2. The predicted octanol–water partition coefficient (Wildman–Crippen LogP) is 4.24. The standard InChI is InChI=1S/C14H16Cl2N4S.HI/c1-9-6-18-13(21-9)8-20-14(17-2)19-7-10-3-4-11(15)5-12(10)16;/h3-6H,7-8H2,1-2H3,(H2,17,19,20);1H. The third-order valence-electron chi connectivity index (χ3n) is 2.76. The fraction of sp³-hybridized carbons (Fsp3) is 0.286. The summed E-state index contributed by atoms with van der Waals surface area (Å²) >= 11 is 13.7. The molecule has 0 atom stereocenters. The van der Waals surface area contributed by atoms with Crippen LogP contribution in [0.3, 0.4) is 0 Å². The molecule has 2 aromatic rings. The van der Waals surface area contributed by atoms with Crippen molar-refractivity contribution < 1.29 is 0 Å². The molecule has 2 rings (SSSR count). The first kappa shape index (κ1) is 19.5. The fourth-order valence-corrected chi connectivity index (χ4v) is 2.91. The van der Waals surface area contributed by atoms with E-state index in [4.69, 9.17) is 23.2 Å². The lowest BCUT2D eigenvalue weighted by molar-refractivity contribution is 0.805. The molecule has 0 amide bonds. The Balaban J connectivity index is 0.00000242. The normalized spacial score (nSPS) is 11.0. The molecule has 0 aliphatic heterocycles. The van der Waals surface area contributed by atoms with E-state index in [1.54, 1.807) is 24.5 Å². The Morgan fingerprint density at radius 2 is 2.00 bits per heavy atom. The Hall–Kier alpha value is -0.570. The van der Waals surface area contributed by atoms with E-state index in [-0.39, 0.29) is 24.0 Å². The van der Waals surface area contributed by atoms with Crippen molar-refractivity contribution >= 4 is 64.5 Å². The van der Waals surface area contributed by atoms with Crippen molar-refractivity contribution in [2.45, 2.75) is 20.0 Å². The second-order valence-electron chi connectivity index (χ2n) is 4.38. The third kappa shape index (κ3) is 5.91. The summed E-state index contributed by atoms with van der Waals surface area (Å²) in [6, 6.07) is 5.45. The highest BCUT2D eigenvalue weighted by atomic mass is 127. The monoisotopic (exact) mass is 470 g/mol. The summed E-state index contributed by atoms with van der Waals surface area (Å²) in [6.45, 7) is 3.26.